The van der Waals surface area contributed by atoms with E-state index in [-0.39, 0.29) is 0 Å². The number of hydrogen-bond acceptors (Lipinski definition) is 0. The molecule has 0 aliphatic heterocycles. The lowest BCUT2D eigenvalue weighted by molar-refractivity contribution is 0.462. The summed E-state index contributed by atoms with van der Waals surface area (Å²) in [6.07, 6.45) is 4.41. The molecule has 0 aromatic carbocycles. The minimum absolute atomic E-state index is 0.339. The van der Waals surface area contributed by atoms with E-state index in [0.29, 0.717) is 22.3 Å². The van der Waals surface area contributed by atoms with Crippen molar-refractivity contribution in [2.45, 2.75) is 77.7 Å². The van der Waals surface area contributed by atoms with Crippen LogP contribution >= 0.6 is 17.9 Å². The minimum atomic E-state index is -3.08. The molecule has 118 valence electrons. The summed E-state index contributed by atoms with van der Waals surface area (Å²) in [4.78, 5) is 20.5. The summed E-state index contributed by atoms with van der Waals surface area (Å²) in [6.45, 7) is 13.2. The van der Waals surface area contributed by atoms with Gasteiger partial charge < -0.3 is 9.79 Å². The molecule has 0 fully saturated rings. The quantitative estimate of drug-likeness (QED) is 0.440. The van der Waals surface area contributed by atoms with Gasteiger partial charge in [0.25, 0.3) is 0 Å². The van der Waals surface area contributed by atoms with Gasteiger partial charge in [-0.05, 0) is 11.8 Å². The fraction of sp³-hybridized carbons (Fsp3) is 1.00. The Morgan fingerprint density at radius 1 is 0.842 bits per heavy atom. The molecule has 2 atom stereocenters. The van der Waals surface area contributed by atoms with Gasteiger partial charge >= 0.3 is 0 Å². The molecule has 19 heavy (non-hydrogen) atoms. The highest BCUT2D eigenvalue weighted by Gasteiger charge is 2.30. The molecule has 0 aromatic heterocycles. The molecule has 0 spiro atoms. The molecule has 0 saturated carbocycles. The van der Waals surface area contributed by atoms with Gasteiger partial charge in [-0.15, -0.1) is 10.1 Å². The van der Waals surface area contributed by atoms with E-state index in [1.54, 1.807) is 0 Å². The first-order chi connectivity index (χ1) is 8.74. The van der Waals surface area contributed by atoms with Crippen molar-refractivity contribution in [2.24, 2.45) is 11.8 Å². The Bertz CT molecular complexity index is 278. The van der Waals surface area contributed by atoms with Gasteiger partial charge in [-0.25, -0.2) is 0 Å². The van der Waals surface area contributed by atoms with E-state index in [2.05, 4.69) is 53.8 Å². The molecular formula is C14H33O2PS2. The summed E-state index contributed by atoms with van der Waals surface area (Å²) in [5, 5.41) is 0.679. The van der Waals surface area contributed by atoms with Gasteiger partial charge in [-0.1, -0.05) is 79.5 Å². The standard InChI is InChI=1S/C14H33O2PS2/c1-7-13(8-2)11(5)19(17(15,16)18)12(6)14(9-3)10-4/h11-16,18H,7-10H2,1-6H3. The Morgan fingerprint density at radius 3 is 1.26 bits per heavy atom. The summed E-state index contributed by atoms with van der Waals surface area (Å²) < 4.78 is 0. The van der Waals surface area contributed by atoms with E-state index in [0.717, 1.165) is 25.7 Å². The van der Waals surface area contributed by atoms with Crippen LogP contribution in [0.5, 0.6) is 0 Å². The smallest absolute Gasteiger partial charge is 0.199 e. The van der Waals surface area contributed by atoms with Gasteiger partial charge in [0, 0.05) is 10.5 Å². The minimum Gasteiger partial charge on any atom is -0.341 e. The second-order valence-corrected chi connectivity index (χ2v) is 13.9. The molecule has 0 aromatic rings. The van der Waals surface area contributed by atoms with Crippen LogP contribution in [-0.2, 0) is 10.1 Å². The van der Waals surface area contributed by atoms with Crippen LogP contribution < -0.4 is 0 Å². The predicted molar refractivity (Wildman–Crippen MR) is 94.8 cm³/mol. The van der Waals surface area contributed by atoms with Crippen molar-refractivity contribution in [3.05, 3.63) is 0 Å². The zero-order chi connectivity index (χ0) is 15.2. The lowest BCUT2D eigenvalue weighted by atomic mass is 10.00. The maximum atomic E-state index is 10.2. The van der Waals surface area contributed by atoms with Crippen LogP contribution in [-0.4, -0.2) is 20.3 Å². The lowest BCUT2D eigenvalue weighted by Gasteiger charge is -2.35. The van der Waals surface area contributed by atoms with E-state index < -0.39 is 15.8 Å². The Kier molecular flexibility index (Phi) is 9.65. The molecule has 0 radical (unpaired) electrons. The number of hydrogen-bond donors (Lipinski definition) is 3. The normalized spacial score (nSPS) is 17.8. The van der Waals surface area contributed by atoms with Crippen LogP contribution in [0.2, 0.25) is 0 Å². The molecule has 0 amide bonds. The third kappa shape index (κ3) is 5.74. The molecular weight excluding hydrogens is 295 g/mol. The van der Waals surface area contributed by atoms with Crippen molar-refractivity contribution in [1.29, 1.82) is 0 Å². The van der Waals surface area contributed by atoms with Crippen LogP contribution in [0.3, 0.4) is 0 Å². The van der Waals surface area contributed by atoms with Crippen molar-refractivity contribution in [3.63, 3.8) is 0 Å². The highest BCUT2D eigenvalue weighted by Crippen LogP contribution is 2.52. The van der Waals surface area contributed by atoms with Crippen molar-refractivity contribution >= 4 is 28.0 Å². The molecule has 0 bridgehead atoms. The van der Waals surface area contributed by atoms with Crippen molar-refractivity contribution in [2.75, 3.05) is 0 Å². The average Bonchev–Trinajstić information content (AvgIpc) is 2.30. The first-order valence-electron chi connectivity index (χ1n) is 7.54. The zero-order valence-electron chi connectivity index (χ0n) is 13.3. The van der Waals surface area contributed by atoms with E-state index in [1.807, 2.05) is 0 Å². The third-order valence-corrected chi connectivity index (χ3v) is 12.7. The summed E-state index contributed by atoms with van der Waals surface area (Å²) in [6, 6.07) is 0. The van der Waals surface area contributed by atoms with Crippen LogP contribution in [0.15, 0.2) is 0 Å². The first-order valence-corrected chi connectivity index (χ1v) is 12.3. The summed E-state index contributed by atoms with van der Waals surface area (Å²) in [7, 11) is -0.405. The van der Waals surface area contributed by atoms with Crippen LogP contribution in [0.4, 0.5) is 0 Å². The molecule has 0 aliphatic carbocycles. The van der Waals surface area contributed by atoms with Gasteiger partial charge in [-0.3, -0.25) is 0 Å². The Hall–Kier alpha value is 1.05. The third-order valence-electron chi connectivity index (χ3n) is 4.47. The van der Waals surface area contributed by atoms with E-state index >= 15 is 0 Å². The van der Waals surface area contributed by atoms with E-state index in [4.69, 9.17) is 0 Å². The Labute approximate surface area is 127 Å². The van der Waals surface area contributed by atoms with E-state index in [9.17, 15) is 9.79 Å². The van der Waals surface area contributed by atoms with Gasteiger partial charge in [0.1, 0.15) is 0 Å². The number of rotatable bonds is 8. The van der Waals surface area contributed by atoms with Crippen molar-refractivity contribution in [3.8, 4) is 0 Å². The topological polar surface area (TPSA) is 40.5 Å². The highest BCUT2D eigenvalue weighted by atomic mass is 32.9. The lowest BCUT2D eigenvalue weighted by Crippen LogP contribution is -2.32. The van der Waals surface area contributed by atoms with Crippen LogP contribution in [0.25, 0.3) is 0 Å². The largest absolute Gasteiger partial charge is 0.341 e. The fourth-order valence-corrected chi connectivity index (χ4v) is 12.6. The number of thiol groups is 1. The molecule has 0 rings (SSSR count). The molecule has 2 N–H and O–H groups in total. The molecule has 0 heterocycles. The van der Waals surface area contributed by atoms with Gasteiger partial charge in [0.05, 0.1) is 0 Å². The SMILES string of the molecule is CCC(CC)C(C)S(C(C)C(CC)CC)=P(O)(O)S. The van der Waals surface area contributed by atoms with Crippen LogP contribution in [0.1, 0.15) is 67.2 Å². The molecule has 2 unspecified atom stereocenters. The predicted octanol–water partition coefficient (Wildman–Crippen LogP) is 4.85. The maximum Gasteiger partial charge on any atom is 0.199 e. The summed E-state index contributed by atoms with van der Waals surface area (Å²) >= 11 is 4.21. The molecule has 2 nitrogen and oxygen atoms in total. The van der Waals surface area contributed by atoms with Gasteiger partial charge in [0.15, 0.2) is 5.69 Å². The van der Waals surface area contributed by atoms with Crippen molar-refractivity contribution in [1.82, 2.24) is 0 Å². The second-order valence-electron chi connectivity index (χ2n) is 5.42. The average molecular weight is 329 g/mol. The second kappa shape index (κ2) is 9.15. The maximum absolute atomic E-state index is 10.2. The molecule has 0 saturated heterocycles. The zero-order valence-corrected chi connectivity index (χ0v) is 15.9. The molecule has 5 heteroatoms. The summed E-state index contributed by atoms with van der Waals surface area (Å²) in [5.41, 5.74) is -3.08. The first kappa shape index (κ1) is 20.1. The molecule has 0 aliphatic rings. The summed E-state index contributed by atoms with van der Waals surface area (Å²) in [5.74, 6) is 1.12. The Morgan fingerprint density at radius 2 is 1.11 bits per heavy atom. The van der Waals surface area contributed by atoms with E-state index in [1.165, 1.54) is 0 Å². The van der Waals surface area contributed by atoms with Gasteiger partial charge in [-0.2, -0.15) is 0 Å². The fourth-order valence-electron chi connectivity index (χ4n) is 3.08. The monoisotopic (exact) mass is 328 g/mol. The highest BCUT2D eigenvalue weighted by molar-refractivity contribution is 8.66. The van der Waals surface area contributed by atoms with Crippen molar-refractivity contribution < 1.29 is 9.79 Å². The Balaban J connectivity index is 5.50. The van der Waals surface area contributed by atoms with Gasteiger partial charge in [0.2, 0.25) is 0 Å². The van der Waals surface area contributed by atoms with Crippen LogP contribution in [0, 0.1) is 11.8 Å².